The smallest absolute Gasteiger partial charge is 0.233 e. The average molecular weight is 328 g/mol. The van der Waals surface area contributed by atoms with Gasteiger partial charge in [-0.15, -0.1) is 11.8 Å². The second-order valence-corrected chi connectivity index (χ2v) is 6.43. The molecule has 3 rings (SSSR count). The Morgan fingerprint density at radius 2 is 1.96 bits per heavy atom. The first-order valence-electron chi connectivity index (χ1n) is 7.80. The van der Waals surface area contributed by atoms with Crippen LogP contribution in [0, 0.1) is 0 Å². The van der Waals surface area contributed by atoms with Crippen LogP contribution in [0.25, 0.3) is 0 Å². The molecular weight excluding hydrogens is 308 g/mol. The summed E-state index contributed by atoms with van der Waals surface area (Å²) in [7, 11) is 0. The molecule has 1 aliphatic heterocycles. The monoisotopic (exact) mass is 328 g/mol. The van der Waals surface area contributed by atoms with Crippen LogP contribution in [0.2, 0.25) is 0 Å². The number of ether oxygens (including phenoxy) is 1. The highest BCUT2D eigenvalue weighted by molar-refractivity contribution is 8.00. The number of hydrogen-bond donors (Lipinski definition) is 0. The van der Waals surface area contributed by atoms with E-state index in [0.29, 0.717) is 12.4 Å². The minimum absolute atomic E-state index is 0.0972. The van der Waals surface area contributed by atoms with Crippen molar-refractivity contribution in [3.63, 3.8) is 0 Å². The Bertz CT molecular complexity index is 646. The Balaban J connectivity index is 1.69. The topological polar surface area (TPSA) is 42.4 Å². The molecule has 0 radical (unpaired) electrons. The molecule has 5 heteroatoms. The predicted molar refractivity (Wildman–Crippen MR) is 92.5 cm³/mol. The molecule has 2 aromatic rings. The quantitative estimate of drug-likeness (QED) is 0.816. The van der Waals surface area contributed by atoms with Crippen molar-refractivity contribution in [2.24, 2.45) is 0 Å². The van der Waals surface area contributed by atoms with E-state index in [0.717, 1.165) is 24.3 Å². The normalized spacial score (nSPS) is 17.5. The number of amides is 1. The third-order valence-electron chi connectivity index (χ3n) is 3.84. The number of rotatable bonds is 6. The number of thioether (sulfide) groups is 1. The van der Waals surface area contributed by atoms with E-state index < -0.39 is 0 Å². The molecule has 4 nitrogen and oxygen atoms in total. The van der Waals surface area contributed by atoms with Gasteiger partial charge < -0.3 is 9.64 Å². The lowest BCUT2D eigenvalue weighted by atomic mass is 10.1. The summed E-state index contributed by atoms with van der Waals surface area (Å²) >= 11 is 1.69. The van der Waals surface area contributed by atoms with Gasteiger partial charge in [-0.25, -0.2) is 0 Å². The summed E-state index contributed by atoms with van der Waals surface area (Å²) in [4.78, 5) is 18.2. The number of nitrogens with zero attached hydrogens (tertiary/aromatic N) is 2. The fraction of sp³-hybridized carbons (Fsp3) is 0.333. The third kappa shape index (κ3) is 3.85. The van der Waals surface area contributed by atoms with E-state index >= 15 is 0 Å². The van der Waals surface area contributed by atoms with Crippen LogP contribution in [0.4, 0.5) is 0 Å². The molecule has 0 saturated carbocycles. The molecule has 0 spiro atoms. The molecule has 0 aliphatic carbocycles. The molecule has 0 bridgehead atoms. The summed E-state index contributed by atoms with van der Waals surface area (Å²) < 4.78 is 5.48. The van der Waals surface area contributed by atoms with Gasteiger partial charge in [0, 0.05) is 18.9 Å². The molecule has 23 heavy (non-hydrogen) atoms. The van der Waals surface area contributed by atoms with Crippen molar-refractivity contribution in [2.45, 2.75) is 18.7 Å². The lowest BCUT2D eigenvalue weighted by Gasteiger charge is -2.24. The van der Waals surface area contributed by atoms with Crippen molar-refractivity contribution < 1.29 is 9.53 Å². The lowest BCUT2D eigenvalue weighted by molar-refractivity contribution is -0.128. The molecule has 1 amide bonds. The molecule has 120 valence electrons. The number of carbonyl (C=O) groups excluding carboxylic acids is 1. The van der Waals surface area contributed by atoms with Crippen molar-refractivity contribution in [2.75, 3.05) is 18.9 Å². The first kappa shape index (κ1) is 15.9. The van der Waals surface area contributed by atoms with Crippen LogP contribution in [0.5, 0.6) is 5.75 Å². The van der Waals surface area contributed by atoms with Gasteiger partial charge in [0.2, 0.25) is 5.91 Å². The highest BCUT2D eigenvalue weighted by atomic mass is 32.2. The first-order chi connectivity index (χ1) is 11.3. The van der Waals surface area contributed by atoms with Crippen molar-refractivity contribution >= 4 is 17.7 Å². The largest absolute Gasteiger partial charge is 0.494 e. The van der Waals surface area contributed by atoms with Crippen molar-refractivity contribution in [3.8, 4) is 5.75 Å². The van der Waals surface area contributed by atoms with Gasteiger partial charge in [-0.1, -0.05) is 12.1 Å². The van der Waals surface area contributed by atoms with E-state index in [1.165, 1.54) is 5.56 Å². The van der Waals surface area contributed by atoms with Gasteiger partial charge >= 0.3 is 0 Å². The highest BCUT2D eigenvalue weighted by Crippen LogP contribution is 2.39. The molecule has 1 saturated heterocycles. The zero-order chi connectivity index (χ0) is 16.1. The van der Waals surface area contributed by atoms with Gasteiger partial charge in [0.15, 0.2) is 0 Å². The Hall–Kier alpha value is -2.01. The minimum atomic E-state index is 0.0972. The zero-order valence-corrected chi connectivity index (χ0v) is 14.0. The molecule has 0 N–H and O–H groups in total. The van der Waals surface area contributed by atoms with E-state index in [9.17, 15) is 4.79 Å². The van der Waals surface area contributed by atoms with Gasteiger partial charge in [-0.2, -0.15) is 0 Å². The fourth-order valence-corrected chi connectivity index (χ4v) is 3.89. The van der Waals surface area contributed by atoms with Crippen LogP contribution >= 0.6 is 11.8 Å². The van der Waals surface area contributed by atoms with E-state index in [1.54, 1.807) is 24.2 Å². The van der Waals surface area contributed by atoms with E-state index in [-0.39, 0.29) is 11.3 Å². The van der Waals surface area contributed by atoms with Crippen LogP contribution < -0.4 is 4.74 Å². The maximum atomic E-state index is 12.2. The van der Waals surface area contributed by atoms with Crippen molar-refractivity contribution in [3.05, 3.63) is 59.9 Å². The summed E-state index contributed by atoms with van der Waals surface area (Å²) in [5, 5.41) is 0.0972. The van der Waals surface area contributed by atoms with Crippen LogP contribution in [-0.2, 0) is 11.2 Å². The lowest BCUT2D eigenvalue weighted by Crippen LogP contribution is -2.30. The Kier molecular flexibility index (Phi) is 5.18. The van der Waals surface area contributed by atoms with E-state index in [2.05, 4.69) is 17.1 Å². The number of carbonyl (C=O) groups is 1. The minimum Gasteiger partial charge on any atom is -0.494 e. The Morgan fingerprint density at radius 1 is 1.22 bits per heavy atom. The molecule has 1 aromatic heterocycles. The first-order valence-corrected chi connectivity index (χ1v) is 8.85. The summed E-state index contributed by atoms with van der Waals surface area (Å²) in [6.45, 7) is 3.36. The number of pyridine rings is 1. The fourth-order valence-electron chi connectivity index (χ4n) is 2.67. The number of aromatic nitrogens is 1. The molecule has 1 unspecified atom stereocenters. The number of hydrogen-bond acceptors (Lipinski definition) is 4. The summed E-state index contributed by atoms with van der Waals surface area (Å²) in [6, 6.07) is 12.1. The third-order valence-corrected chi connectivity index (χ3v) is 5.09. The predicted octanol–water partition coefficient (Wildman–Crippen LogP) is 3.30. The molecule has 1 aliphatic rings. The SMILES string of the molecule is CCOc1ccc(C2SCC(=O)N2CCc2ccncc2)cc1. The second kappa shape index (κ2) is 7.51. The summed E-state index contributed by atoms with van der Waals surface area (Å²) in [6.07, 6.45) is 4.43. The van der Waals surface area contributed by atoms with Crippen LogP contribution in [-0.4, -0.2) is 34.7 Å². The maximum absolute atomic E-state index is 12.2. The van der Waals surface area contributed by atoms with Crippen molar-refractivity contribution in [1.29, 1.82) is 0 Å². The molecule has 2 heterocycles. The van der Waals surface area contributed by atoms with E-state index in [4.69, 9.17) is 4.74 Å². The standard InChI is InChI=1S/C18H20N2O2S/c1-2-22-16-5-3-15(4-6-16)18-20(17(21)13-23-18)12-9-14-7-10-19-11-8-14/h3-8,10-11,18H,2,9,12-13H2,1H3. The highest BCUT2D eigenvalue weighted by Gasteiger charge is 2.32. The van der Waals surface area contributed by atoms with Gasteiger partial charge in [0.1, 0.15) is 11.1 Å². The maximum Gasteiger partial charge on any atom is 0.233 e. The van der Waals surface area contributed by atoms with Gasteiger partial charge in [-0.05, 0) is 48.7 Å². The van der Waals surface area contributed by atoms with Crippen LogP contribution in [0.1, 0.15) is 23.4 Å². The van der Waals surface area contributed by atoms with Crippen LogP contribution in [0.3, 0.4) is 0 Å². The Labute approximate surface area is 140 Å². The average Bonchev–Trinajstić information content (AvgIpc) is 2.96. The molecule has 1 fully saturated rings. The zero-order valence-electron chi connectivity index (χ0n) is 13.1. The van der Waals surface area contributed by atoms with Gasteiger partial charge in [0.25, 0.3) is 0 Å². The summed E-state index contributed by atoms with van der Waals surface area (Å²) in [5.41, 5.74) is 2.36. The second-order valence-electron chi connectivity index (χ2n) is 5.36. The van der Waals surface area contributed by atoms with Gasteiger partial charge in [-0.3, -0.25) is 9.78 Å². The van der Waals surface area contributed by atoms with Crippen LogP contribution in [0.15, 0.2) is 48.8 Å². The number of benzene rings is 1. The van der Waals surface area contributed by atoms with Crippen molar-refractivity contribution in [1.82, 2.24) is 9.88 Å². The molecule has 1 aromatic carbocycles. The van der Waals surface area contributed by atoms with Gasteiger partial charge in [0.05, 0.1) is 12.4 Å². The summed E-state index contributed by atoms with van der Waals surface area (Å²) in [5.74, 6) is 1.63. The molecule has 1 atom stereocenters. The van der Waals surface area contributed by atoms with E-state index in [1.807, 2.05) is 36.1 Å². The Morgan fingerprint density at radius 3 is 2.65 bits per heavy atom. The molecular formula is C18H20N2O2S.